The molecule has 19 heavy (non-hydrogen) atoms. The fourth-order valence-electron chi connectivity index (χ4n) is 1.75. The summed E-state index contributed by atoms with van der Waals surface area (Å²) in [4.78, 5) is 8.45. The van der Waals surface area contributed by atoms with Crippen molar-refractivity contribution in [3.05, 3.63) is 53.3 Å². The van der Waals surface area contributed by atoms with Crippen molar-refractivity contribution in [2.75, 3.05) is 5.73 Å². The number of fused-ring (bicyclic) bond motifs is 1. The van der Waals surface area contributed by atoms with Crippen LogP contribution in [0.25, 0.3) is 10.9 Å². The van der Waals surface area contributed by atoms with Gasteiger partial charge in [-0.3, -0.25) is 4.98 Å². The highest BCUT2D eigenvalue weighted by Gasteiger charge is 2.05. The number of rotatable bonds is 2. The molecule has 3 aromatic rings. The quantitative estimate of drug-likeness (QED) is 0.782. The monoisotopic (exact) mass is 315 g/mol. The van der Waals surface area contributed by atoms with Gasteiger partial charge in [-0.15, -0.1) is 0 Å². The number of anilines is 1. The van der Waals surface area contributed by atoms with Gasteiger partial charge in [0, 0.05) is 16.1 Å². The standard InChI is InChI=1S/C14H10BrN3O/c15-10-6-12(16)14(18-7-10)19-11-5-9-3-1-2-4-13(9)17-8-11/h1-8H,16H2. The predicted octanol–water partition coefficient (Wildman–Crippen LogP) is 3.77. The number of aromatic nitrogens is 2. The second kappa shape index (κ2) is 4.85. The number of para-hydroxylation sites is 1. The third kappa shape index (κ3) is 2.51. The van der Waals surface area contributed by atoms with Gasteiger partial charge in [0.1, 0.15) is 5.75 Å². The molecule has 0 aliphatic rings. The maximum atomic E-state index is 5.84. The van der Waals surface area contributed by atoms with Crippen LogP contribution in [0.4, 0.5) is 5.69 Å². The Kier molecular flexibility index (Phi) is 3.05. The second-order valence-electron chi connectivity index (χ2n) is 4.01. The fraction of sp³-hybridized carbons (Fsp3) is 0. The zero-order chi connectivity index (χ0) is 13.2. The van der Waals surface area contributed by atoms with E-state index in [2.05, 4.69) is 25.9 Å². The molecule has 0 aliphatic heterocycles. The number of ether oxygens (including phenoxy) is 1. The average molecular weight is 316 g/mol. The summed E-state index contributed by atoms with van der Waals surface area (Å²) in [6.45, 7) is 0. The molecule has 2 N–H and O–H groups in total. The summed E-state index contributed by atoms with van der Waals surface area (Å²) in [6, 6.07) is 11.5. The summed E-state index contributed by atoms with van der Waals surface area (Å²) in [6.07, 6.45) is 3.30. The highest BCUT2D eigenvalue weighted by Crippen LogP contribution is 2.28. The largest absolute Gasteiger partial charge is 0.435 e. The SMILES string of the molecule is Nc1cc(Br)cnc1Oc1cnc2ccccc2c1. The van der Waals surface area contributed by atoms with E-state index in [1.54, 1.807) is 18.5 Å². The summed E-state index contributed by atoms with van der Waals surface area (Å²) in [5.41, 5.74) is 7.24. The molecular weight excluding hydrogens is 306 g/mol. The number of nitrogen functional groups attached to an aromatic ring is 1. The van der Waals surface area contributed by atoms with Gasteiger partial charge in [0.2, 0.25) is 5.88 Å². The van der Waals surface area contributed by atoms with Gasteiger partial charge < -0.3 is 10.5 Å². The minimum atomic E-state index is 0.375. The number of hydrogen-bond donors (Lipinski definition) is 1. The molecule has 0 bridgehead atoms. The van der Waals surface area contributed by atoms with Gasteiger partial charge in [-0.2, -0.15) is 0 Å². The number of hydrogen-bond acceptors (Lipinski definition) is 4. The van der Waals surface area contributed by atoms with Crippen molar-refractivity contribution >= 4 is 32.5 Å². The van der Waals surface area contributed by atoms with Crippen LogP contribution in [0.5, 0.6) is 11.6 Å². The number of halogens is 1. The molecular formula is C14H10BrN3O. The summed E-state index contributed by atoms with van der Waals surface area (Å²) in [7, 11) is 0. The lowest BCUT2D eigenvalue weighted by Crippen LogP contribution is -1.95. The molecule has 0 atom stereocenters. The van der Waals surface area contributed by atoms with E-state index >= 15 is 0 Å². The minimum absolute atomic E-state index is 0.375. The van der Waals surface area contributed by atoms with Gasteiger partial charge in [0.05, 0.1) is 17.4 Å². The zero-order valence-electron chi connectivity index (χ0n) is 9.88. The molecule has 2 aromatic heterocycles. The Bertz CT molecular complexity index is 746. The lowest BCUT2D eigenvalue weighted by atomic mass is 10.2. The molecule has 0 saturated heterocycles. The molecule has 94 valence electrons. The van der Waals surface area contributed by atoms with Gasteiger partial charge in [-0.05, 0) is 34.1 Å². The molecule has 0 aliphatic carbocycles. The first-order valence-corrected chi connectivity index (χ1v) is 6.45. The van der Waals surface area contributed by atoms with E-state index < -0.39 is 0 Å². The van der Waals surface area contributed by atoms with E-state index in [1.165, 1.54) is 0 Å². The van der Waals surface area contributed by atoms with Gasteiger partial charge in [-0.1, -0.05) is 18.2 Å². The molecule has 2 heterocycles. The summed E-state index contributed by atoms with van der Waals surface area (Å²) < 4.78 is 6.47. The number of nitrogens with zero attached hydrogens (tertiary/aromatic N) is 2. The molecule has 0 unspecified atom stereocenters. The minimum Gasteiger partial charge on any atom is -0.435 e. The molecule has 0 amide bonds. The van der Waals surface area contributed by atoms with Crippen molar-refractivity contribution in [1.82, 2.24) is 9.97 Å². The van der Waals surface area contributed by atoms with Crippen LogP contribution in [0.3, 0.4) is 0 Å². The van der Waals surface area contributed by atoms with Crippen molar-refractivity contribution < 1.29 is 4.74 Å². The van der Waals surface area contributed by atoms with Crippen LogP contribution in [-0.2, 0) is 0 Å². The highest BCUT2D eigenvalue weighted by molar-refractivity contribution is 9.10. The predicted molar refractivity (Wildman–Crippen MR) is 78.2 cm³/mol. The van der Waals surface area contributed by atoms with E-state index in [1.807, 2.05) is 30.3 Å². The van der Waals surface area contributed by atoms with E-state index in [9.17, 15) is 0 Å². The van der Waals surface area contributed by atoms with Crippen molar-refractivity contribution in [2.24, 2.45) is 0 Å². The highest BCUT2D eigenvalue weighted by atomic mass is 79.9. The van der Waals surface area contributed by atoms with E-state index in [4.69, 9.17) is 10.5 Å². The summed E-state index contributed by atoms with van der Waals surface area (Å²) in [5.74, 6) is 0.987. The Hall–Kier alpha value is -2.14. The Morgan fingerprint density at radius 2 is 1.89 bits per heavy atom. The molecule has 0 saturated carbocycles. The van der Waals surface area contributed by atoms with Gasteiger partial charge in [-0.25, -0.2) is 4.98 Å². The van der Waals surface area contributed by atoms with Crippen molar-refractivity contribution in [1.29, 1.82) is 0 Å². The number of benzene rings is 1. The van der Waals surface area contributed by atoms with Gasteiger partial charge in [0.25, 0.3) is 0 Å². The molecule has 3 rings (SSSR count). The normalized spacial score (nSPS) is 10.6. The Labute approximate surface area is 118 Å². The average Bonchev–Trinajstić information content (AvgIpc) is 2.42. The summed E-state index contributed by atoms with van der Waals surface area (Å²) >= 11 is 3.30. The third-order valence-corrected chi connectivity index (χ3v) is 3.06. The lowest BCUT2D eigenvalue weighted by Gasteiger charge is -2.07. The molecule has 5 heteroatoms. The van der Waals surface area contributed by atoms with Crippen LogP contribution in [0.2, 0.25) is 0 Å². The van der Waals surface area contributed by atoms with Crippen LogP contribution in [0, 0.1) is 0 Å². The van der Waals surface area contributed by atoms with Crippen molar-refractivity contribution in [3.8, 4) is 11.6 Å². The zero-order valence-corrected chi connectivity index (χ0v) is 11.5. The molecule has 0 fully saturated rings. The summed E-state index contributed by atoms with van der Waals surface area (Å²) in [5, 5.41) is 1.01. The third-order valence-electron chi connectivity index (χ3n) is 2.63. The number of pyridine rings is 2. The first-order chi connectivity index (χ1) is 9.22. The van der Waals surface area contributed by atoms with E-state index in [0.717, 1.165) is 15.4 Å². The van der Waals surface area contributed by atoms with Gasteiger partial charge >= 0.3 is 0 Å². The van der Waals surface area contributed by atoms with Crippen molar-refractivity contribution in [3.63, 3.8) is 0 Å². The van der Waals surface area contributed by atoms with Crippen LogP contribution in [0.15, 0.2) is 53.3 Å². The lowest BCUT2D eigenvalue weighted by molar-refractivity contribution is 0.464. The maximum Gasteiger partial charge on any atom is 0.242 e. The van der Waals surface area contributed by atoms with Crippen LogP contribution in [0.1, 0.15) is 0 Å². The first kappa shape index (κ1) is 11.9. The van der Waals surface area contributed by atoms with Crippen molar-refractivity contribution in [2.45, 2.75) is 0 Å². The fourth-order valence-corrected chi connectivity index (χ4v) is 2.09. The molecule has 4 nitrogen and oxygen atoms in total. The number of nitrogens with two attached hydrogens (primary N) is 1. The first-order valence-electron chi connectivity index (χ1n) is 5.66. The Morgan fingerprint density at radius 3 is 2.74 bits per heavy atom. The smallest absolute Gasteiger partial charge is 0.242 e. The molecule has 0 spiro atoms. The van der Waals surface area contributed by atoms with Crippen LogP contribution >= 0.6 is 15.9 Å². The second-order valence-corrected chi connectivity index (χ2v) is 4.93. The van der Waals surface area contributed by atoms with Crippen LogP contribution in [-0.4, -0.2) is 9.97 Å². The Balaban J connectivity index is 1.96. The molecule has 1 aromatic carbocycles. The van der Waals surface area contributed by atoms with Gasteiger partial charge in [0.15, 0.2) is 0 Å². The maximum absolute atomic E-state index is 5.84. The van der Waals surface area contributed by atoms with Crippen LogP contribution < -0.4 is 10.5 Å². The van der Waals surface area contributed by atoms with E-state index in [0.29, 0.717) is 17.3 Å². The molecule has 0 radical (unpaired) electrons. The Morgan fingerprint density at radius 1 is 1.05 bits per heavy atom. The van der Waals surface area contributed by atoms with E-state index in [-0.39, 0.29) is 0 Å². The topological polar surface area (TPSA) is 61.0 Å².